The molecule has 9 heteroatoms. The van der Waals surface area contributed by atoms with Crippen molar-refractivity contribution >= 4 is 17.8 Å². The molecule has 2 saturated heterocycles. The van der Waals surface area contributed by atoms with Gasteiger partial charge in [-0.05, 0) is 19.4 Å². The second-order valence-electron chi connectivity index (χ2n) is 6.29. The van der Waals surface area contributed by atoms with Crippen LogP contribution in [0, 0.1) is 5.92 Å². The van der Waals surface area contributed by atoms with Crippen LogP contribution < -0.4 is 10.6 Å². The van der Waals surface area contributed by atoms with Crippen LogP contribution in [0.4, 0.5) is 5.95 Å². The quantitative estimate of drug-likeness (QED) is 0.731. The van der Waals surface area contributed by atoms with E-state index >= 15 is 0 Å². The minimum absolute atomic E-state index is 0.0400. The van der Waals surface area contributed by atoms with Crippen LogP contribution in [-0.2, 0) is 9.59 Å². The summed E-state index contributed by atoms with van der Waals surface area (Å²) in [6.07, 6.45) is 4.76. The summed E-state index contributed by atoms with van der Waals surface area (Å²) < 4.78 is 0. The minimum Gasteiger partial charge on any atom is -0.369 e. The number of aromatic nitrogens is 3. The van der Waals surface area contributed by atoms with Crippen LogP contribution in [0.1, 0.15) is 12.8 Å². The van der Waals surface area contributed by atoms with Crippen molar-refractivity contribution < 1.29 is 9.59 Å². The van der Waals surface area contributed by atoms with E-state index in [-0.39, 0.29) is 24.3 Å². The van der Waals surface area contributed by atoms with Gasteiger partial charge in [-0.3, -0.25) is 14.5 Å². The molecule has 2 N–H and O–H groups in total. The van der Waals surface area contributed by atoms with Gasteiger partial charge in [0.2, 0.25) is 17.8 Å². The second kappa shape index (κ2) is 7.52. The molecule has 0 spiro atoms. The largest absolute Gasteiger partial charge is 0.369 e. The Kier molecular flexibility index (Phi) is 5.19. The Morgan fingerprint density at radius 2 is 1.83 bits per heavy atom. The van der Waals surface area contributed by atoms with Crippen LogP contribution >= 0.6 is 0 Å². The molecule has 1 aromatic rings. The highest BCUT2D eigenvalue weighted by molar-refractivity contribution is 5.80. The van der Waals surface area contributed by atoms with E-state index in [4.69, 9.17) is 5.73 Å². The lowest BCUT2D eigenvalue weighted by Gasteiger charge is -2.38. The van der Waals surface area contributed by atoms with Crippen molar-refractivity contribution in [3.8, 4) is 0 Å². The monoisotopic (exact) mass is 333 g/mol. The predicted molar refractivity (Wildman–Crippen MR) is 87.0 cm³/mol. The molecule has 2 aliphatic heterocycles. The first-order chi connectivity index (χ1) is 11.6. The van der Waals surface area contributed by atoms with E-state index in [1.807, 2.05) is 9.80 Å². The van der Waals surface area contributed by atoms with Crippen molar-refractivity contribution in [3.63, 3.8) is 0 Å². The molecule has 0 radical (unpaired) electrons. The van der Waals surface area contributed by atoms with Gasteiger partial charge in [-0.1, -0.05) is 0 Å². The van der Waals surface area contributed by atoms with Gasteiger partial charge in [0, 0.05) is 32.7 Å². The molecule has 1 aromatic heterocycles. The molecule has 1 atom stereocenters. The molecule has 0 aliphatic carbocycles. The lowest BCUT2D eigenvalue weighted by molar-refractivity contribution is -0.138. The number of carbonyl (C=O) groups excluding carboxylic acids is 2. The zero-order valence-corrected chi connectivity index (χ0v) is 13.7. The van der Waals surface area contributed by atoms with E-state index in [2.05, 4.69) is 19.9 Å². The van der Waals surface area contributed by atoms with Gasteiger partial charge in [0.15, 0.2) is 0 Å². The molecule has 3 heterocycles. The first kappa shape index (κ1) is 16.6. The first-order valence-corrected chi connectivity index (χ1v) is 8.30. The fourth-order valence-corrected chi connectivity index (χ4v) is 3.40. The summed E-state index contributed by atoms with van der Waals surface area (Å²) in [6, 6.07) is 0. The normalized spacial score (nSPS) is 22.4. The summed E-state index contributed by atoms with van der Waals surface area (Å²) in [5.41, 5.74) is 5.26. The second-order valence-corrected chi connectivity index (χ2v) is 6.29. The summed E-state index contributed by atoms with van der Waals surface area (Å²) in [4.78, 5) is 41.9. The van der Waals surface area contributed by atoms with Crippen molar-refractivity contribution in [2.24, 2.45) is 11.7 Å². The Labute approximate surface area is 140 Å². The number of likely N-dealkylation sites (tertiary alicyclic amines) is 1. The number of carbonyl (C=O) groups is 2. The van der Waals surface area contributed by atoms with Crippen LogP contribution in [0.15, 0.2) is 12.7 Å². The summed E-state index contributed by atoms with van der Waals surface area (Å²) >= 11 is 0. The first-order valence-electron chi connectivity index (χ1n) is 8.30. The fourth-order valence-electron chi connectivity index (χ4n) is 3.40. The van der Waals surface area contributed by atoms with Crippen LogP contribution in [0.2, 0.25) is 0 Å². The summed E-state index contributed by atoms with van der Waals surface area (Å²) in [5.74, 6) is 0.456. The van der Waals surface area contributed by atoms with E-state index in [1.165, 1.54) is 12.7 Å². The average Bonchev–Trinajstić information content (AvgIpc) is 2.62. The number of anilines is 1. The SMILES string of the molecule is NC(=O)CN1CCCC(C(=O)N2CCN(c3ncncn3)CC2)C1. The lowest BCUT2D eigenvalue weighted by Crippen LogP contribution is -2.53. The summed E-state index contributed by atoms with van der Waals surface area (Å²) in [5, 5.41) is 0. The van der Waals surface area contributed by atoms with Gasteiger partial charge in [-0.25, -0.2) is 15.0 Å². The van der Waals surface area contributed by atoms with E-state index in [0.29, 0.717) is 38.7 Å². The van der Waals surface area contributed by atoms with Crippen LogP contribution in [-0.4, -0.2) is 82.4 Å². The molecule has 0 bridgehead atoms. The van der Waals surface area contributed by atoms with Gasteiger partial charge in [0.05, 0.1) is 12.5 Å². The van der Waals surface area contributed by atoms with Gasteiger partial charge in [-0.2, -0.15) is 0 Å². The zero-order valence-electron chi connectivity index (χ0n) is 13.7. The number of nitrogens with zero attached hydrogens (tertiary/aromatic N) is 6. The Balaban J connectivity index is 1.52. The number of hydrogen-bond donors (Lipinski definition) is 1. The third-order valence-electron chi connectivity index (χ3n) is 4.59. The number of nitrogens with two attached hydrogens (primary N) is 1. The lowest BCUT2D eigenvalue weighted by atomic mass is 9.96. The molecule has 130 valence electrons. The topological polar surface area (TPSA) is 109 Å². The highest BCUT2D eigenvalue weighted by atomic mass is 16.2. The number of piperidine rings is 1. The molecular formula is C15H23N7O2. The molecule has 9 nitrogen and oxygen atoms in total. The van der Waals surface area contributed by atoms with Gasteiger partial charge in [-0.15, -0.1) is 0 Å². The number of primary amides is 1. The minimum atomic E-state index is -0.339. The predicted octanol–water partition coefficient (Wildman–Crippen LogP) is -1.28. The Morgan fingerprint density at radius 1 is 1.12 bits per heavy atom. The van der Waals surface area contributed by atoms with Crippen molar-refractivity contribution in [2.45, 2.75) is 12.8 Å². The molecule has 0 saturated carbocycles. The Hall–Kier alpha value is -2.29. The molecule has 24 heavy (non-hydrogen) atoms. The van der Waals surface area contributed by atoms with E-state index in [1.54, 1.807) is 0 Å². The molecule has 2 aliphatic rings. The number of piperazine rings is 1. The molecule has 3 rings (SSSR count). The van der Waals surface area contributed by atoms with E-state index in [9.17, 15) is 9.59 Å². The third-order valence-corrected chi connectivity index (χ3v) is 4.59. The number of amides is 2. The van der Waals surface area contributed by atoms with Crippen molar-refractivity contribution in [1.29, 1.82) is 0 Å². The maximum atomic E-state index is 12.8. The highest BCUT2D eigenvalue weighted by Crippen LogP contribution is 2.20. The van der Waals surface area contributed by atoms with E-state index in [0.717, 1.165) is 19.4 Å². The van der Waals surface area contributed by atoms with E-state index < -0.39 is 0 Å². The van der Waals surface area contributed by atoms with Gasteiger partial charge < -0.3 is 15.5 Å². The molecule has 2 amide bonds. The Morgan fingerprint density at radius 3 is 2.50 bits per heavy atom. The molecule has 1 unspecified atom stereocenters. The maximum Gasteiger partial charge on any atom is 0.231 e. The summed E-state index contributed by atoms with van der Waals surface area (Å²) in [7, 11) is 0. The Bertz CT molecular complexity index is 574. The highest BCUT2D eigenvalue weighted by Gasteiger charge is 2.31. The van der Waals surface area contributed by atoms with Crippen molar-refractivity contribution in [1.82, 2.24) is 24.8 Å². The zero-order chi connectivity index (χ0) is 16.9. The molecular weight excluding hydrogens is 310 g/mol. The smallest absolute Gasteiger partial charge is 0.231 e. The van der Waals surface area contributed by atoms with Gasteiger partial charge in [0.25, 0.3) is 0 Å². The van der Waals surface area contributed by atoms with Crippen molar-refractivity contribution in [2.75, 3.05) is 50.7 Å². The number of hydrogen-bond acceptors (Lipinski definition) is 7. The third kappa shape index (κ3) is 3.97. The molecule has 2 fully saturated rings. The maximum absolute atomic E-state index is 12.8. The number of rotatable bonds is 4. The van der Waals surface area contributed by atoms with Crippen LogP contribution in [0.25, 0.3) is 0 Å². The average molecular weight is 333 g/mol. The molecule has 0 aromatic carbocycles. The standard InChI is InChI=1S/C15H23N7O2/c16-13(23)9-20-3-1-2-12(8-20)14(24)21-4-6-22(7-5-21)15-18-10-17-11-19-15/h10-12H,1-9H2,(H2,16,23). The van der Waals surface area contributed by atoms with Crippen LogP contribution in [0.5, 0.6) is 0 Å². The van der Waals surface area contributed by atoms with Crippen molar-refractivity contribution in [3.05, 3.63) is 12.7 Å². The summed E-state index contributed by atoms with van der Waals surface area (Å²) in [6.45, 7) is 4.45. The van der Waals surface area contributed by atoms with Gasteiger partial charge >= 0.3 is 0 Å². The van der Waals surface area contributed by atoms with Crippen LogP contribution in [0.3, 0.4) is 0 Å². The van der Waals surface area contributed by atoms with Gasteiger partial charge in [0.1, 0.15) is 12.7 Å². The fraction of sp³-hybridized carbons (Fsp3) is 0.667.